The first-order valence-electron chi connectivity index (χ1n) is 6.80. The normalized spacial score (nSPS) is 11.9. The minimum atomic E-state index is -0.455. The molecule has 0 atom stereocenters. The van der Waals surface area contributed by atoms with E-state index < -0.39 is 5.60 Å². The fourth-order valence-electron chi connectivity index (χ4n) is 1.77. The third-order valence-corrected chi connectivity index (χ3v) is 2.45. The molecule has 0 saturated carbocycles. The van der Waals surface area contributed by atoms with Gasteiger partial charge in [-0.2, -0.15) is 4.79 Å². The van der Waals surface area contributed by atoms with E-state index in [1.807, 2.05) is 51.1 Å². The molecule has 0 aliphatic rings. The van der Waals surface area contributed by atoms with Gasteiger partial charge in [0.15, 0.2) is 6.54 Å². The summed E-state index contributed by atoms with van der Waals surface area (Å²) in [6, 6.07) is 10.00. The summed E-state index contributed by atoms with van der Waals surface area (Å²) in [6.45, 7) is 11.2. The maximum absolute atomic E-state index is 12.2. The zero-order chi connectivity index (χ0) is 14.5. The van der Waals surface area contributed by atoms with Gasteiger partial charge < -0.3 is 4.74 Å². The number of nitrogens with zero attached hydrogens (tertiary/aromatic N) is 1. The van der Waals surface area contributed by atoms with Crippen LogP contribution >= 0.6 is 0 Å². The molecule has 0 bridgehead atoms. The van der Waals surface area contributed by atoms with Crippen LogP contribution < -0.4 is 4.90 Å². The molecule has 3 heteroatoms. The van der Waals surface area contributed by atoms with E-state index >= 15 is 0 Å². The van der Waals surface area contributed by atoms with Gasteiger partial charge in [0.1, 0.15) is 12.1 Å². The van der Waals surface area contributed by atoms with Crippen LogP contribution in [-0.2, 0) is 11.3 Å². The minimum Gasteiger partial charge on any atom is -0.411 e. The van der Waals surface area contributed by atoms with Crippen molar-refractivity contribution in [3.63, 3.8) is 0 Å². The SMILES string of the molecule is CC(C)C[N+](Cc1ccccc1)C(=O)OC(C)(C)C. The summed E-state index contributed by atoms with van der Waals surface area (Å²) in [5.41, 5.74) is 0.664. The molecule has 0 aromatic heterocycles. The second kappa shape index (κ2) is 6.71. The molecule has 19 heavy (non-hydrogen) atoms. The van der Waals surface area contributed by atoms with Gasteiger partial charge in [-0.3, -0.25) is 0 Å². The Morgan fingerprint density at radius 3 is 2.26 bits per heavy atom. The molecule has 1 aromatic rings. The van der Waals surface area contributed by atoms with Gasteiger partial charge in [-0.05, 0) is 20.8 Å². The standard InChI is InChI=1S/C16H25NO2/c1-13(2)11-17(15(18)19-16(3,4)5)12-14-9-7-6-8-10-14/h6-10,13H,11-12H2,1-5H3/q+1. The van der Waals surface area contributed by atoms with E-state index in [9.17, 15) is 4.79 Å². The van der Waals surface area contributed by atoms with Crippen LogP contribution in [0.15, 0.2) is 30.3 Å². The molecule has 1 amide bonds. The van der Waals surface area contributed by atoms with Crippen LogP contribution in [0.5, 0.6) is 0 Å². The lowest BCUT2D eigenvalue weighted by molar-refractivity contribution is 0.0377. The van der Waals surface area contributed by atoms with Gasteiger partial charge in [0.25, 0.3) is 0 Å². The third kappa shape index (κ3) is 6.39. The molecule has 0 saturated heterocycles. The number of rotatable bonds is 4. The summed E-state index contributed by atoms with van der Waals surface area (Å²) in [6.07, 6.45) is -0.245. The molecule has 0 heterocycles. The Morgan fingerprint density at radius 2 is 1.79 bits per heavy atom. The number of hydrogen-bond acceptors (Lipinski definition) is 2. The zero-order valence-electron chi connectivity index (χ0n) is 12.6. The van der Waals surface area contributed by atoms with E-state index in [-0.39, 0.29) is 6.09 Å². The molecule has 0 spiro atoms. The molecule has 0 aliphatic heterocycles. The van der Waals surface area contributed by atoms with Crippen LogP contribution in [0.2, 0.25) is 0 Å². The quantitative estimate of drug-likeness (QED) is 0.771. The van der Waals surface area contributed by atoms with E-state index in [2.05, 4.69) is 13.8 Å². The van der Waals surface area contributed by atoms with Gasteiger partial charge in [-0.25, -0.2) is 0 Å². The Kier molecular flexibility index (Phi) is 5.55. The first kappa shape index (κ1) is 15.7. The molecule has 1 rings (SSSR count). The van der Waals surface area contributed by atoms with E-state index in [4.69, 9.17) is 4.74 Å². The Morgan fingerprint density at radius 1 is 1.21 bits per heavy atom. The lowest BCUT2D eigenvalue weighted by Crippen LogP contribution is -2.42. The van der Waals surface area contributed by atoms with E-state index in [1.165, 1.54) is 0 Å². The van der Waals surface area contributed by atoms with Gasteiger partial charge in [0, 0.05) is 11.5 Å². The average molecular weight is 263 g/mol. The van der Waals surface area contributed by atoms with Crippen LogP contribution in [-0.4, -0.2) is 18.2 Å². The third-order valence-electron chi connectivity index (χ3n) is 2.45. The smallest absolute Gasteiger partial charge is 0.411 e. The minimum absolute atomic E-state index is 0.245. The molecular weight excluding hydrogens is 238 g/mol. The topological polar surface area (TPSA) is 32.2 Å². The van der Waals surface area contributed by atoms with Crippen molar-refractivity contribution in [1.29, 1.82) is 0 Å². The first-order chi connectivity index (χ1) is 8.78. The fourth-order valence-corrected chi connectivity index (χ4v) is 1.77. The molecule has 3 nitrogen and oxygen atoms in total. The van der Waals surface area contributed by atoms with Crippen LogP contribution in [0.1, 0.15) is 40.2 Å². The van der Waals surface area contributed by atoms with Crippen molar-refractivity contribution >= 4 is 6.09 Å². The second-order valence-electron chi connectivity index (χ2n) is 6.24. The van der Waals surface area contributed by atoms with Crippen molar-refractivity contribution in [1.82, 2.24) is 4.90 Å². The zero-order valence-corrected chi connectivity index (χ0v) is 12.6. The maximum atomic E-state index is 12.2. The highest BCUT2D eigenvalue weighted by Crippen LogP contribution is 2.12. The molecule has 1 radical (unpaired) electrons. The molecule has 0 fully saturated rings. The summed E-state index contributed by atoms with van der Waals surface area (Å²) in [4.78, 5) is 14.0. The number of benzene rings is 1. The summed E-state index contributed by atoms with van der Waals surface area (Å²) >= 11 is 0. The molecule has 105 valence electrons. The largest absolute Gasteiger partial charge is 0.566 e. The van der Waals surface area contributed by atoms with E-state index in [0.29, 0.717) is 19.0 Å². The summed E-state index contributed by atoms with van der Waals surface area (Å²) in [5.74, 6) is 0.413. The summed E-state index contributed by atoms with van der Waals surface area (Å²) in [5, 5.41) is 0. The lowest BCUT2D eigenvalue weighted by Gasteiger charge is -2.20. The Bertz CT molecular complexity index is 393. The molecule has 0 N–H and O–H groups in total. The average Bonchev–Trinajstić information content (AvgIpc) is 2.26. The van der Waals surface area contributed by atoms with E-state index in [1.54, 1.807) is 4.90 Å². The predicted molar refractivity (Wildman–Crippen MR) is 78.2 cm³/mol. The van der Waals surface area contributed by atoms with Gasteiger partial charge in [0.05, 0.1) is 0 Å². The van der Waals surface area contributed by atoms with Crippen LogP contribution in [0.25, 0.3) is 0 Å². The maximum Gasteiger partial charge on any atom is 0.566 e. The monoisotopic (exact) mass is 263 g/mol. The van der Waals surface area contributed by atoms with Crippen LogP contribution in [0, 0.1) is 5.92 Å². The molecule has 0 aliphatic carbocycles. The van der Waals surface area contributed by atoms with Crippen LogP contribution in [0.4, 0.5) is 4.79 Å². The van der Waals surface area contributed by atoms with Gasteiger partial charge in [-0.15, -0.1) is 0 Å². The van der Waals surface area contributed by atoms with Gasteiger partial charge in [-0.1, -0.05) is 49.1 Å². The van der Waals surface area contributed by atoms with Crippen molar-refractivity contribution in [3.05, 3.63) is 35.9 Å². The summed E-state index contributed by atoms with van der Waals surface area (Å²) < 4.78 is 5.46. The fraction of sp³-hybridized carbons (Fsp3) is 0.562. The van der Waals surface area contributed by atoms with Crippen molar-refractivity contribution in [2.45, 2.75) is 46.8 Å². The highest BCUT2D eigenvalue weighted by molar-refractivity contribution is 5.70. The Hall–Kier alpha value is -1.35. The highest BCUT2D eigenvalue weighted by Gasteiger charge is 2.33. The van der Waals surface area contributed by atoms with Crippen molar-refractivity contribution in [3.8, 4) is 0 Å². The second-order valence-corrected chi connectivity index (χ2v) is 6.24. The number of hydrogen-bond donors (Lipinski definition) is 0. The number of carbonyl (C=O) groups is 1. The predicted octanol–water partition coefficient (Wildman–Crippen LogP) is 3.92. The van der Waals surface area contributed by atoms with Gasteiger partial charge in [0.2, 0.25) is 0 Å². The first-order valence-corrected chi connectivity index (χ1v) is 6.80. The summed E-state index contributed by atoms with van der Waals surface area (Å²) in [7, 11) is 0. The van der Waals surface area contributed by atoms with Gasteiger partial charge >= 0.3 is 6.09 Å². The number of carbonyl (C=O) groups excluding carboxylic acids is 1. The molecular formula is C16H25NO2+. The van der Waals surface area contributed by atoms with Crippen LogP contribution in [0.3, 0.4) is 0 Å². The number of ether oxygens (including phenoxy) is 1. The van der Waals surface area contributed by atoms with E-state index in [0.717, 1.165) is 5.56 Å². The highest BCUT2D eigenvalue weighted by atomic mass is 16.6. The van der Waals surface area contributed by atoms with Crippen molar-refractivity contribution in [2.24, 2.45) is 5.92 Å². The Balaban J connectivity index is 2.74. The number of amides is 1. The molecule has 1 aromatic carbocycles. The Labute approximate surface area is 116 Å². The molecule has 0 unspecified atom stereocenters. The van der Waals surface area contributed by atoms with Crippen molar-refractivity contribution in [2.75, 3.05) is 6.54 Å². The lowest BCUT2D eigenvalue weighted by atomic mass is 10.1. The van der Waals surface area contributed by atoms with Crippen molar-refractivity contribution < 1.29 is 9.53 Å².